The van der Waals surface area contributed by atoms with E-state index in [-0.39, 0.29) is 18.6 Å². The van der Waals surface area contributed by atoms with Crippen LogP contribution < -0.4 is 0 Å². The lowest BCUT2D eigenvalue weighted by Crippen LogP contribution is -2.36. The number of aliphatic hydroxyl groups is 3. The van der Waals surface area contributed by atoms with Gasteiger partial charge in [0.25, 0.3) is 0 Å². The molecule has 0 radical (unpaired) electrons. The predicted octanol–water partition coefficient (Wildman–Crippen LogP) is -0.486. The second-order valence-corrected chi connectivity index (χ2v) is 3.62. The summed E-state index contributed by atoms with van der Waals surface area (Å²) in [5.74, 6) is -0.0721. The summed E-state index contributed by atoms with van der Waals surface area (Å²) in [5.41, 5.74) is 0. The highest BCUT2D eigenvalue weighted by molar-refractivity contribution is 4.91. The van der Waals surface area contributed by atoms with Crippen molar-refractivity contribution in [1.29, 1.82) is 0 Å². The molecule has 3 N–H and O–H groups in total. The maximum absolute atomic E-state index is 9.65. The molecule has 1 saturated heterocycles. The van der Waals surface area contributed by atoms with Crippen molar-refractivity contribution >= 4 is 0 Å². The molecule has 0 aromatic carbocycles. The molecular formula is C9H18O4. The van der Waals surface area contributed by atoms with E-state index in [1.807, 2.05) is 6.92 Å². The van der Waals surface area contributed by atoms with Gasteiger partial charge in [0.1, 0.15) is 6.10 Å². The van der Waals surface area contributed by atoms with E-state index >= 15 is 0 Å². The van der Waals surface area contributed by atoms with Crippen LogP contribution in [0.5, 0.6) is 0 Å². The molecule has 1 aliphatic rings. The first-order valence-corrected chi connectivity index (χ1v) is 4.74. The Morgan fingerprint density at radius 3 is 2.54 bits per heavy atom. The standard InChI is InChI=1S/C9H18O4/c1-3-6-8(12)5(2)13-9(6)7(11)4-10/h5-12H,3-4H2,1-2H3/t5?,6?,7-,8?,9-/m1/s1. The van der Waals surface area contributed by atoms with Gasteiger partial charge in [-0.15, -0.1) is 0 Å². The Balaban J connectivity index is 2.64. The first kappa shape index (κ1) is 10.9. The summed E-state index contributed by atoms with van der Waals surface area (Å²) >= 11 is 0. The Bertz CT molecular complexity index is 162. The maximum atomic E-state index is 9.65. The van der Waals surface area contributed by atoms with Gasteiger partial charge < -0.3 is 20.1 Å². The monoisotopic (exact) mass is 190 g/mol. The summed E-state index contributed by atoms with van der Waals surface area (Å²) < 4.78 is 5.37. The molecule has 4 heteroatoms. The van der Waals surface area contributed by atoms with Gasteiger partial charge in [-0.1, -0.05) is 6.92 Å². The summed E-state index contributed by atoms with van der Waals surface area (Å²) in [7, 11) is 0. The van der Waals surface area contributed by atoms with Crippen LogP contribution in [-0.2, 0) is 4.74 Å². The van der Waals surface area contributed by atoms with Crippen molar-refractivity contribution in [1.82, 2.24) is 0 Å². The zero-order valence-corrected chi connectivity index (χ0v) is 8.05. The average molecular weight is 190 g/mol. The van der Waals surface area contributed by atoms with E-state index in [0.717, 1.165) is 6.42 Å². The van der Waals surface area contributed by atoms with Crippen LogP contribution in [0.3, 0.4) is 0 Å². The Morgan fingerprint density at radius 2 is 2.08 bits per heavy atom. The lowest BCUT2D eigenvalue weighted by molar-refractivity contribution is -0.0630. The third-order valence-electron chi connectivity index (χ3n) is 2.75. The second kappa shape index (κ2) is 4.37. The first-order valence-electron chi connectivity index (χ1n) is 4.74. The van der Waals surface area contributed by atoms with Crippen LogP contribution in [0.2, 0.25) is 0 Å². The quantitative estimate of drug-likeness (QED) is 0.562. The minimum atomic E-state index is -0.885. The molecule has 4 nitrogen and oxygen atoms in total. The van der Waals surface area contributed by atoms with Gasteiger partial charge in [0.2, 0.25) is 0 Å². The normalized spacial score (nSPS) is 42.2. The maximum Gasteiger partial charge on any atom is 0.104 e. The Morgan fingerprint density at radius 1 is 1.46 bits per heavy atom. The largest absolute Gasteiger partial charge is 0.394 e. The van der Waals surface area contributed by atoms with Crippen LogP contribution >= 0.6 is 0 Å². The molecule has 13 heavy (non-hydrogen) atoms. The number of rotatable bonds is 3. The number of aliphatic hydroxyl groups excluding tert-OH is 3. The fourth-order valence-corrected chi connectivity index (χ4v) is 1.93. The number of hydrogen-bond acceptors (Lipinski definition) is 4. The van der Waals surface area contributed by atoms with Crippen LogP contribution in [0.1, 0.15) is 20.3 Å². The smallest absolute Gasteiger partial charge is 0.104 e. The van der Waals surface area contributed by atoms with Crippen LogP contribution in [0.25, 0.3) is 0 Å². The molecule has 0 spiro atoms. The van der Waals surface area contributed by atoms with Crippen molar-refractivity contribution in [2.75, 3.05) is 6.61 Å². The number of hydrogen-bond donors (Lipinski definition) is 3. The zero-order chi connectivity index (χ0) is 10.0. The first-order chi connectivity index (χ1) is 6.11. The molecule has 0 aromatic rings. The van der Waals surface area contributed by atoms with Crippen LogP contribution in [0.15, 0.2) is 0 Å². The Labute approximate surface area is 78.1 Å². The molecule has 78 valence electrons. The van der Waals surface area contributed by atoms with Gasteiger partial charge in [-0.2, -0.15) is 0 Å². The molecule has 0 saturated carbocycles. The van der Waals surface area contributed by atoms with E-state index in [2.05, 4.69) is 0 Å². The molecular weight excluding hydrogens is 172 g/mol. The zero-order valence-electron chi connectivity index (χ0n) is 8.05. The third-order valence-corrected chi connectivity index (χ3v) is 2.75. The van der Waals surface area contributed by atoms with Crippen LogP contribution in [0.4, 0.5) is 0 Å². The Hall–Kier alpha value is -0.160. The van der Waals surface area contributed by atoms with Gasteiger partial charge in [0.15, 0.2) is 0 Å². The van der Waals surface area contributed by atoms with E-state index in [4.69, 9.17) is 9.84 Å². The molecule has 0 amide bonds. The van der Waals surface area contributed by atoms with Gasteiger partial charge in [-0.25, -0.2) is 0 Å². The molecule has 1 rings (SSSR count). The Kier molecular flexibility index (Phi) is 3.67. The highest BCUT2D eigenvalue weighted by atomic mass is 16.5. The summed E-state index contributed by atoms with van der Waals surface area (Å²) in [6, 6.07) is 0. The van der Waals surface area contributed by atoms with Crippen molar-refractivity contribution in [2.24, 2.45) is 5.92 Å². The summed E-state index contributed by atoms with van der Waals surface area (Å²) in [5, 5.41) is 27.8. The minimum Gasteiger partial charge on any atom is -0.394 e. The predicted molar refractivity (Wildman–Crippen MR) is 47.2 cm³/mol. The van der Waals surface area contributed by atoms with Crippen LogP contribution in [0, 0.1) is 5.92 Å². The second-order valence-electron chi connectivity index (χ2n) is 3.62. The third kappa shape index (κ3) is 2.02. The van der Waals surface area contributed by atoms with Gasteiger partial charge in [0, 0.05) is 5.92 Å². The van der Waals surface area contributed by atoms with Crippen molar-refractivity contribution < 1.29 is 20.1 Å². The molecule has 1 aliphatic heterocycles. The van der Waals surface area contributed by atoms with E-state index in [1.165, 1.54) is 0 Å². The van der Waals surface area contributed by atoms with Gasteiger partial charge in [-0.05, 0) is 13.3 Å². The molecule has 0 aliphatic carbocycles. The molecule has 0 bridgehead atoms. The van der Waals surface area contributed by atoms with E-state index in [9.17, 15) is 10.2 Å². The van der Waals surface area contributed by atoms with Crippen molar-refractivity contribution in [2.45, 2.75) is 44.7 Å². The molecule has 1 heterocycles. The fraction of sp³-hybridized carbons (Fsp3) is 1.00. The fourth-order valence-electron chi connectivity index (χ4n) is 1.93. The lowest BCUT2D eigenvalue weighted by Gasteiger charge is -2.21. The van der Waals surface area contributed by atoms with E-state index in [1.54, 1.807) is 6.92 Å². The highest BCUT2D eigenvalue weighted by Gasteiger charge is 2.43. The number of ether oxygens (including phenoxy) is 1. The minimum absolute atomic E-state index is 0.0721. The summed E-state index contributed by atoms with van der Waals surface area (Å²) in [6.07, 6.45) is -1.36. The summed E-state index contributed by atoms with van der Waals surface area (Å²) in [4.78, 5) is 0. The van der Waals surface area contributed by atoms with Gasteiger partial charge in [-0.3, -0.25) is 0 Å². The molecule has 5 atom stereocenters. The molecule has 3 unspecified atom stereocenters. The van der Waals surface area contributed by atoms with Crippen molar-refractivity contribution in [3.05, 3.63) is 0 Å². The molecule has 1 fully saturated rings. The van der Waals surface area contributed by atoms with Crippen molar-refractivity contribution in [3.63, 3.8) is 0 Å². The van der Waals surface area contributed by atoms with E-state index in [0.29, 0.717) is 0 Å². The molecule has 0 aromatic heterocycles. The lowest BCUT2D eigenvalue weighted by atomic mass is 9.91. The SMILES string of the molecule is CCC1C(O)C(C)O[C@H]1[C@H](O)CO. The highest BCUT2D eigenvalue weighted by Crippen LogP contribution is 2.31. The topological polar surface area (TPSA) is 69.9 Å². The van der Waals surface area contributed by atoms with E-state index < -0.39 is 18.3 Å². The van der Waals surface area contributed by atoms with Crippen LogP contribution in [-0.4, -0.2) is 46.3 Å². The van der Waals surface area contributed by atoms with Gasteiger partial charge in [0.05, 0.1) is 24.9 Å². The van der Waals surface area contributed by atoms with Crippen molar-refractivity contribution in [3.8, 4) is 0 Å². The average Bonchev–Trinajstić information content (AvgIpc) is 2.42. The summed E-state index contributed by atoms with van der Waals surface area (Å²) in [6.45, 7) is 3.39. The van der Waals surface area contributed by atoms with Gasteiger partial charge >= 0.3 is 0 Å².